The van der Waals surface area contributed by atoms with Crippen LogP contribution in [0, 0.1) is 19.7 Å². The monoisotopic (exact) mass is 344 g/mol. The van der Waals surface area contributed by atoms with Crippen molar-refractivity contribution in [2.45, 2.75) is 13.8 Å². The van der Waals surface area contributed by atoms with Gasteiger partial charge in [0.05, 0.1) is 10.6 Å². The van der Waals surface area contributed by atoms with Crippen LogP contribution in [-0.4, -0.2) is 11.1 Å². The molecule has 0 atom stereocenters. The molecule has 6 heteroatoms. The molecule has 2 aromatic carbocycles. The molecule has 0 fully saturated rings. The lowest BCUT2D eigenvalue weighted by atomic mass is 10.0. The Balaban J connectivity index is 2.05. The Morgan fingerprint density at radius 2 is 1.92 bits per heavy atom. The molecule has 0 aliphatic rings. The normalized spacial score (nSPS) is 10.7. The molecule has 24 heavy (non-hydrogen) atoms. The van der Waals surface area contributed by atoms with E-state index in [4.69, 9.17) is 16.1 Å². The Bertz CT molecular complexity index is 901. The number of aromatic nitrogens is 1. The van der Waals surface area contributed by atoms with E-state index in [9.17, 15) is 9.18 Å². The number of carbonyl (C=O) groups is 1. The first kappa shape index (κ1) is 16.2. The third-order valence-electron chi connectivity index (χ3n) is 3.68. The van der Waals surface area contributed by atoms with Gasteiger partial charge in [-0.1, -0.05) is 41.0 Å². The Morgan fingerprint density at radius 1 is 1.17 bits per heavy atom. The molecule has 0 aliphatic heterocycles. The first-order valence-electron chi connectivity index (χ1n) is 7.26. The molecule has 3 rings (SSSR count). The number of hydrogen-bond donors (Lipinski definition) is 1. The summed E-state index contributed by atoms with van der Waals surface area (Å²) >= 11 is 6.08. The number of nitrogens with zero attached hydrogens (tertiary/aromatic N) is 1. The van der Waals surface area contributed by atoms with E-state index < -0.39 is 11.7 Å². The maximum absolute atomic E-state index is 14.2. The fourth-order valence-corrected chi connectivity index (χ4v) is 2.68. The fourth-order valence-electron chi connectivity index (χ4n) is 2.43. The van der Waals surface area contributed by atoms with Crippen LogP contribution in [0.1, 0.15) is 21.7 Å². The zero-order valence-electron chi connectivity index (χ0n) is 13.1. The Kier molecular flexibility index (Phi) is 4.36. The van der Waals surface area contributed by atoms with E-state index in [1.54, 1.807) is 13.0 Å². The lowest BCUT2D eigenvalue weighted by molar-refractivity contribution is 0.102. The van der Waals surface area contributed by atoms with Crippen molar-refractivity contribution in [1.29, 1.82) is 0 Å². The second-order valence-corrected chi connectivity index (χ2v) is 5.74. The van der Waals surface area contributed by atoms with Gasteiger partial charge in [0.15, 0.2) is 0 Å². The van der Waals surface area contributed by atoms with Gasteiger partial charge in [-0.2, -0.15) is 0 Å². The minimum atomic E-state index is -0.569. The van der Waals surface area contributed by atoms with Crippen LogP contribution >= 0.6 is 11.6 Å². The van der Waals surface area contributed by atoms with Crippen LogP contribution in [0.5, 0.6) is 0 Å². The van der Waals surface area contributed by atoms with Gasteiger partial charge in [0.2, 0.25) is 0 Å². The van der Waals surface area contributed by atoms with E-state index >= 15 is 0 Å². The number of anilines is 1. The van der Waals surface area contributed by atoms with Crippen molar-refractivity contribution >= 4 is 23.2 Å². The second kappa shape index (κ2) is 6.45. The van der Waals surface area contributed by atoms with Crippen LogP contribution in [-0.2, 0) is 0 Å². The minimum Gasteiger partial charge on any atom is -0.360 e. The highest BCUT2D eigenvalue weighted by molar-refractivity contribution is 6.33. The van der Waals surface area contributed by atoms with Crippen LogP contribution in [0.2, 0.25) is 5.02 Å². The summed E-state index contributed by atoms with van der Waals surface area (Å²) in [6, 6.07) is 11.6. The van der Waals surface area contributed by atoms with Crippen LogP contribution in [0.25, 0.3) is 11.3 Å². The van der Waals surface area contributed by atoms with Crippen LogP contribution in [0.15, 0.2) is 47.0 Å². The van der Waals surface area contributed by atoms with Crippen molar-refractivity contribution in [3.8, 4) is 11.3 Å². The van der Waals surface area contributed by atoms with Crippen molar-refractivity contribution in [2.75, 3.05) is 5.32 Å². The quantitative estimate of drug-likeness (QED) is 0.727. The van der Waals surface area contributed by atoms with E-state index in [2.05, 4.69) is 10.5 Å². The smallest absolute Gasteiger partial charge is 0.261 e. The highest BCUT2D eigenvalue weighted by Gasteiger charge is 2.25. The summed E-state index contributed by atoms with van der Waals surface area (Å²) in [6.45, 7) is 3.47. The number of nitrogens with one attached hydrogen (secondary N) is 1. The topological polar surface area (TPSA) is 55.1 Å². The molecule has 0 saturated carbocycles. The molecule has 0 aliphatic carbocycles. The van der Waals surface area contributed by atoms with Crippen molar-refractivity contribution in [2.24, 2.45) is 0 Å². The Morgan fingerprint density at radius 3 is 2.62 bits per heavy atom. The van der Waals surface area contributed by atoms with Crippen molar-refractivity contribution < 1.29 is 13.7 Å². The van der Waals surface area contributed by atoms with Gasteiger partial charge in [-0.25, -0.2) is 4.39 Å². The minimum absolute atomic E-state index is 0.0472. The third kappa shape index (κ3) is 2.90. The lowest BCUT2D eigenvalue weighted by Crippen LogP contribution is -2.14. The highest BCUT2D eigenvalue weighted by atomic mass is 35.5. The number of para-hydroxylation sites is 1. The zero-order chi connectivity index (χ0) is 17.3. The molecular weight excluding hydrogens is 331 g/mol. The lowest BCUT2D eigenvalue weighted by Gasteiger charge is -2.09. The van der Waals surface area contributed by atoms with E-state index in [-0.39, 0.29) is 27.6 Å². The second-order valence-electron chi connectivity index (χ2n) is 5.33. The molecule has 1 heterocycles. The van der Waals surface area contributed by atoms with Gasteiger partial charge in [0.25, 0.3) is 5.91 Å². The fraction of sp³-hybridized carbons (Fsp3) is 0.111. The average molecular weight is 345 g/mol. The number of benzene rings is 2. The van der Waals surface area contributed by atoms with Gasteiger partial charge in [-0.15, -0.1) is 0 Å². The Labute approximate surface area is 143 Å². The SMILES string of the molecule is Cc1ccccc1NC(=O)c1c(-c2c(F)cccc2Cl)noc1C. The van der Waals surface area contributed by atoms with Crippen LogP contribution in [0.4, 0.5) is 10.1 Å². The zero-order valence-corrected chi connectivity index (χ0v) is 13.8. The molecule has 0 unspecified atom stereocenters. The number of halogens is 2. The summed E-state index contributed by atoms with van der Waals surface area (Å²) in [5.41, 5.74) is 1.86. The van der Waals surface area contributed by atoms with Gasteiger partial charge in [-0.05, 0) is 37.6 Å². The summed E-state index contributed by atoms with van der Waals surface area (Å²) in [6.07, 6.45) is 0. The van der Waals surface area contributed by atoms with Gasteiger partial charge in [-0.3, -0.25) is 4.79 Å². The van der Waals surface area contributed by atoms with Gasteiger partial charge in [0, 0.05) is 5.69 Å². The molecule has 0 saturated heterocycles. The van der Waals surface area contributed by atoms with E-state index in [1.807, 2.05) is 25.1 Å². The summed E-state index contributed by atoms with van der Waals surface area (Å²) in [5, 5.41) is 6.79. The number of aryl methyl sites for hydroxylation is 2. The van der Waals surface area contributed by atoms with Gasteiger partial charge < -0.3 is 9.84 Å². The number of rotatable bonds is 3. The third-order valence-corrected chi connectivity index (χ3v) is 4.00. The predicted octanol–water partition coefficient (Wildman–Crippen LogP) is 5.00. The average Bonchev–Trinajstić information content (AvgIpc) is 2.91. The van der Waals surface area contributed by atoms with Gasteiger partial charge in [0.1, 0.15) is 22.8 Å². The summed E-state index contributed by atoms with van der Waals surface area (Å²) < 4.78 is 19.3. The molecule has 1 N–H and O–H groups in total. The van der Waals surface area contributed by atoms with Crippen molar-refractivity contribution in [1.82, 2.24) is 5.16 Å². The molecule has 1 amide bonds. The molecule has 1 aromatic heterocycles. The summed E-state index contributed by atoms with van der Waals surface area (Å²) in [5.74, 6) is -0.714. The van der Waals surface area contributed by atoms with Crippen molar-refractivity contribution in [3.05, 3.63) is 70.2 Å². The maximum atomic E-state index is 14.2. The maximum Gasteiger partial charge on any atom is 0.261 e. The van der Waals surface area contributed by atoms with E-state index in [0.29, 0.717) is 5.69 Å². The molecule has 3 aromatic rings. The van der Waals surface area contributed by atoms with Crippen LogP contribution in [0.3, 0.4) is 0 Å². The first-order valence-corrected chi connectivity index (χ1v) is 7.64. The largest absolute Gasteiger partial charge is 0.360 e. The number of hydrogen-bond acceptors (Lipinski definition) is 3. The predicted molar refractivity (Wildman–Crippen MR) is 90.8 cm³/mol. The molecule has 0 bridgehead atoms. The Hall–Kier alpha value is -2.66. The standard InChI is InChI=1S/C18H14ClFN2O2/c1-10-6-3-4-9-14(10)21-18(23)15-11(2)24-22-17(15)16-12(19)7-5-8-13(16)20/h3-9H,1-2H3,(H,21,23). The summed E-state index contributed by atoms with van der Waals surface area (Å²) in [4.78, 5) is 12.7. The van der Waals surface area contributed by atoms with E-state index in [0.717, 1.165) is 5.56 Å². The molecule has 0 spiro atoms. The van der Waals surface area contributed by atoms with Crippen LogP contribution < -0.4 is 5.32 Å². The number of amides is 1. The number of carbonyl (C=O) groups excluding carboxylic acids is 1. The molecular formula is C18H14ClFN2O2. The molecule has 122 valence electrons. The highest BCUT2D eigenvalue weighted by Crippen LogP contribution is 2.33. The first-order chi connectivity index (χ1) is 11.5. The van der Waals surface area contributed by atoms with E-state index in [1.165, 1.54) is 18.2 Å². The summed E-state index contributed by atoms with van der Waals surface area (Å²) in [7, 11) is 0. The molecule has 0 radical (unpaired) electrons. The van der Waals surface area contributed by atoms with Crippen molar-refractivity contribution in [3.63, 3.8) is 0 Å². The molecule has 4 nitrogen and oxygen atoms in total. The van der Waals surface area contributed by atoms with Gasteiger partial charge >= 0.3 is 0 Å².